The van der Waals surface area contributed by atoms with Crippen LogP contribution in [-0.2, 0) is 10.0 Å². The summed E-state index contributed by atoms with van der Waals surface area (Å²) < 4.78 is 29.8. The van der Waals surface area contributed by atoms with E-state index in [1.54, 1.807) is 35.1 Å². The molecule has 1 amide bonds. The zero-order chi connectivity index (χ0) is 26.0. The summed E-state index contributed by atoms with van der Waals surface area (Å²) in [6.07, 6.45) is 4.01. The number of nitrogens with zero attached hydrogens (tertiary/aromatic N) is 3. The molecule has 1 saturated heterocycles. The van der Waals surface area contributed by atoms with Crippen LogP contribution < -0.4 is 10.5 Å². The molecular weight excluding hydrogens is 525 g/mol. The molecule has 0 radical (unpaired) electrons. The second kappa shape index (κ2) is 10.6. The van der Waals surface area contributed by atoms with Crippen molar-refractivity contribution >= 4 is 44.8 Å². The van der Waals surface area contributed by atoms with Crippen molar-refractivity contribution in [3.8, 4) is 11.3 Å². The van der Waals surface area contributed by atoms with Gasteiger partial charge in [0.2, 0.25) is 0 Å². The van der Waals surface area contributed by atoms with E-state index >= 15 is 0 Å². The van der Waals surface area contributed by atoms with Gasteiger partial charge in [-0.3, -0.25) is 19.1 Å². The van der Waals surface area contributed by atoms with E-state index in [0.717, 1.165) is 19.4 Å². The van der Waals surface area contributed by atoms with Gasteiger partial charge in [-0.15, -0.1) is 0 Å². The van der Waals surface area contributed by atoms with Gasteiger partial charge < -0.3 is 10.8 Å². The van der Waals surface area contributed by atoms with Crippen LogP contribution in [0.4, 0.5) is 5.69 Å². The predicted octanol–water partition coefficient (Wildman–Crippen LogP) is 3.90. The monoisotopic (exact) mass is 549 g/mol. The Morgan fingerprint density at radius 1 is 1.25 bits per heavy atom. The number of sulfonamides is 1. The van der Waals surface area contributed by atoms with Gasteiger partial charge in [-0.2, -0.15) is 5.10 Å². The van der Waals surface area contributed by atoms with Gasteiger partial charge in [-0.1, -0.05) is 48.0 Å². The lowest BCUT2D eigenvalue weighted by molar-refractivity contribution is 0.0121. The fraction of sp³-hybridized carbons (Fsp3) is 0.250. The fourth-order valence-corrected chi connectivity index (χ4v) is 5.98. The quantitative estimate of drug-likeness (QED) is 0.365. The Balaban J connectivity index is 1.59. The number of likely N-dealkylation sites (tertiary alicyclic amines) is 1. The van der Waals surface area contributed by atoms with Crippen LogP contribution in [0.25, 0.3) is 11.3 Å². The average molecular weight is 550 g/mol. The minimum Gasteiger partial charge on any atom is -0.375 e. The minimum atomic E-state index is -3.98. The first-order valence-electron chi connectivity index (χ1n) is 11.1. The van der Waals surface area contributed by atoms with E-state index in [4.69, 9.17) is 28.9 Å². The maximum Gasteiger partial charge on any atom is 0.263 e. The number of benzene rings is 2. The molecule has 1 aliphatic rings. The number of aromatic nitrogens is 2. The number of halogens is 2. The van der Waals surface area contributed by atoms with Crippen molar-refractivity contribution in [3.63, 3.8) is 0 Å². The van der Waals surface area contributed by atoms with Crippen molar-refractivity contribution in [1.29, 1.82) is 0 Å². The third kappa shape index (κ3) is 5.42. The number of aliphatic hydroxyl groups is 1. The van der Waals surface area contributed by atoms with Crippen molar-refractivity contribution in [2.75, 3.05) is 17.8 Å². The molecule has 9 nitrogen and oxygen atoms in total. The van der Waals surface area contributed by atoms with E-state index in [2.05, 4.69) is 16.4 Å². The summed E-state index contributed by atoms with van der Waals surface area (Å²) >= 11 is 12.0. The molecule has 0 bridgehead atoms. The van der Waals surface area contributed by atoms with Crippen LogP contribution in [0.1, 0.15) is 29.2 Å². The second-order valence-electron chi connectivity index (χ2n) is 8.41. The number of piperidine rings is 1. The highest BCUT2D eigenvalue weighted by Crippen LogP contribution is 2.31. The Bertz CT molecular complexity index is 1390. The lowest BCUT2D eigenvalue weighted by Gasteiger charge is -2.34. The van der Waals surface area contributed by atoms with Gasteiger partial charge in [0.1, 0.15) is 16.8 Å². The van der Waals surface area contributed by atoms with Crippen molar-refractivity contribution in [3.05, 3.63) is 76.9 Å². The van der Waals surface area contributed by atoms with E-state index in [9.17, 15) is 18.3 Å². The third-order valence-corrected chi connectivity index (χ3v) is 8.36. The van der Waals surface area contributed by atoms with Gasteiger partial charge in [0, 0.05) is 30.5 Å². The van der Waals surface area contributed by atoms with Crippen molar-refractivity contribution in [2.45, 2.75) is 30.0 Å². The van der Waals surface area contributed by atoms with Gasteiger partial charge in [-0.25, -0.2) is 8.42 Å². The number of aliphatic hydroxyl groups excluding tert-OH is 1. The van der Waals surface area contributed by atoms with Gasteiger partial charge in [0.25, 0.3) is 15.9 Å². The molecule has 12 heteroatoms. The van der Waals surface area contributed by atoms with Gasteiger partial charge in [0.15, 0.2) is 0 Å². The molecule has 3 aromatic rings. The van der Waals surface area contributed by atoms with Crippen LogP contribution in [0.15, 0.2) is 66.2 Å². The molecule has 1 fully saturated rings. The maximum absolute atomic E-state index is 12.8. The van der Waals surface area contributed by atoms with Crippen LogP contribution in [0.2, 0.25) is 10.0 Å². The summed E-state index contributed by atoms with van der Waals surface area (Å²) in [4.78, 5) is 13.9. The van der Waals surface area contributed by atoms with Crippen LogP contribution in [0.3, 0.4) is 0 Å². The lowest BCUT2D eigenvalue weighted by Crippen LogP contribution is -2.42. The molecule has 190 valence electrons. The molecule has 2 atom stereocenters. The molecule has 2 unspecified atom stereocenters. The first-order chi connectivity index (χ1) is 17.1. The number of carbonyl (C=O) groups is 1. The first-order valence-corrected chi connectivity index (χ1v) is 13.4. The highest BCUT2D eigenvalue weighted by molar-refractivity contribution is 7.92. The summed E-state index contributed by atoms with van der Waals surface area (Å²) in [5, 5.41) is 14.8. The predicted molar refractivity (Wildman–Crippen MR) is 139 cm³/mol. The molecule has 4 rings (SSSR count). The summed E-state index contributed by atoms with van der Waals surface area (Å²) in [5.74, 6) is -0.629. The van der Waals surface area contributed by atoms with Gasteiger partial charge in [0.05, 0.1) is 21.7 Å². The molecule has 1 aliphatic heterocycles. The molecule has 0 aliphatic carbocycles. The van der Waals surface area contributed by atoms with Crippen molar-refractivity contribution < 1.29 is 18.3 Å². The number of primary amides is 1. The number of hydrogen-bond acceptors (Lipinski definition) is 6. The van der Waals surface area contributed by atoms with E-state index in [1.807, 2.05) is 4.90 Å². The lowest BCUT2D eigenvalue weighted by atomic mass is 10.1. The zero-order valence-electron chi connectivity index (χ0n) is 19.1. The van der Waals surface area contributed by atoms with E-state index in [-0.39, 0.29) is 32.2 Å². The number of hydrogen-bond donors (Lipinski definition) is 3. The number of anilines is 1. The largest absolute Gasteiger partial charge is 0.375 e. The highest BCUT2D eigenvalue weighted by atomic mass is 35.5. The Hall–Kier alpha value is -2.89. The number of rotatable bonds is 8. The summed E-state index contributed by atoms with van der Waals surface area (Å²) in [6, 6.07) is 10.7. The topological polar surface area (TPSA) is 131 Å². The molecule has 36 heavy (non-hydrogen) atoms. The molecule has 0 saturated carbocycles. The SMILES string of the molecule is C=CC(O)N1CCCC(n2cc(C(N)=O)c(-c3ccc(NS(=O)(=O)c4cccc(Cl)c4Cl)cc3)n2)C1. The van der Waals surface area contributed by atoms with E-state index in [0.29, 0.717) is 17.8 Å². The number of amides is 1. The van der Waals surface area contributed by atoms with E-state index < -0.39 is 22.2 Å². The van der Waals surface area contributed by atoms with Crippen LogP contribution in [0.5, 0.6) is 0 Å². The standard InChI is InChI=1S/C24H25Cl2N5O4S/c1-2-21(32)30-12-4-5-17(13-30)31-14-18(24(27)33)23(28-31)15-8-10-16(11-9-15)29-36(34,35)20-7-3-6-19(25)22(20)26/h2-3,6-11,14,17,21,29,32H,1,4-5,12-13H2,(H2,27,33). The third-order valence-electron chi connectivity index (χ3n) is 6.00. The molecule has 4 N–H and O–H groups in total. The minimum absolute atomic E-state index is 0.0614. The highest BCUT2D eigenvalue weighted by Gasteiger charge is 2.27. The second-order valence-corrected chi connectivity index (χ2v) is 10.8. The van der Waals surface area contributed by atoms with Crippen LogP contribution >= 0.6 is 23.2 Å². The molecular formula is C24H25Cl2N5O4S. The van der Waals surface area contributed by atoms with Crippen molar-refractivity contribution in [2.24, 2.45) is 5.73 Å². The Kier molecular flexibility index (Phi) is 7.72. The molecule has 0 spiro atoms. The number of nitrogens with one attached hydrogen (secondary N) is 1. The van der Waals surface area contributed by atoms with Crippen LogP contribution in [-0.4, -0.2) is 53.4 Å². The summed E-state index contributed by atoms with van der Waals surface area (Å²) in [5.41, 5.74) is 7.13. The Morgan fingerprint density at radius 2 is 1.97 bits per heavy atom. The smallest absolute Gasteiger partial charge is 0.263 e. The fourth-order valence-electron chi connectivity index (χ4n) is 4.16. The van der Waals surface area contributed by atoms with E-state index in [1.165, 1.54) is 24.3 Å². The molecule has 2 heterocycles. The Labute approximate surface area is 219 Å². The van der Waals surface area contributed by atoms with Gasteiger partial charge in [-0.05, 0) is 43.2 Å². The normalized spacial score (nSPS) is 17.5. The summed E-state index contributed by atoms with van der Waals surface area (Å²) in [6.45, 7) is 4.91. The molecule has 1 aromatic heterocycles. The molecule has 2 aromatic carbocycles. The average Bonchev–Trinajstić information content (AvgIpc) is 3.31. The van der Waals surface area contributed by atoms with Gasteiger partial charge >= 0.3 is 0 Å². The number of carbonyl (C=O) groups excluding carboxylic acids is 1. The van der Waals surface area contributed by atoms with Crippen LogP contribution in [0, 0.1) is 0 Å². The summed E-state index contributed by atoms with van der Waals surface area (Å²) in [7, 11) is -3.98. The first kappa shape index (κ1) is 26.2. The van der Waals surface area contributed by atoms with Crippen molar-refractivity contribution in [1.82, 2.24) is 14.7 Å². The number of nitrogens with two attached hydrogens (primary N) is 1. The maximum atomic E-state index is 12.8. The Morgan fingerprint density at radius 3 is 2.64 bits per heavy atom. The zero-order valence-corrected chi connectivity index (χ0v) is 21.5.